The Morgan fingerprint density at radius 3 is 2.37 bits per heavy atom. The van der Waals surface area contributed by atoms with Crippen LogP contribution in [-0.2, 0) is 6.54 Å². The molecule has 0 unspecified atom stereocenters. The van der Waals surface area contributed by atoms with E-state index in [1.165, 1.54) is 5.56 Å². The van der Waals surface area contributed by atoms with Gasteiger partial charge in [0.25, 0.3) is 5.91 Å². The number of methoxy groups -OCH3 is 1. The molecule has 0 saturated carbocycles. The lowest BCUT2D eigenvalue weighted by molar-refractivity contribution is 0.0935. The number of carbonyl (C=O) groups is 1. The molecule has 4 aromatic rings. The summed E-state index contributed by atoms with van der Waals surface area (Å²) in [4.78, 5) is 15.8. The van der Waals surface area contributed by atoms with E-state index in [0.29, 0.717) is 11.3 Å². The van der Waals surface area contributed by atoms with Crippen molar-refractivity contribution in [2.75, 3.05) is 20.2 Å². The number of nitrogens with zero attached hydrogens (tertiary/aromatic N) is 1. The highest BCUT2D eigenvalue weighted by Crippen LogP contribution is 2.32. The zero-order chi connectivity index (χ0) is 24.0. The Balaban J connectivity index is 1.40. The molecular formula is C31H28N2O2. The minimum atomic E-state index is -0.123. The summed E-state index contributed by atoms with van der Waals surface area (Å²) < 4.78 is 5.74. The van der Waals surface area contributed by atoms with E-state index in [1.54, 1.807) is 7.11 Å². The standard InChI is InChI=1S/C31H28N2O2/c1-35-30-28-15-9-8-14-27(28)25(17-16-23-10-4-2-5-11-23)20-29(30)31(34)32-26-18-19-33(22-26)21-24-12-6-3-7-13-24/h2-15,20,26H,18-19,21-22H2,1H3,(H,32,34)/t26-/m0/s1. The largest absolute Gasteiger partial charge is 0.495 e. The van der Waals surface area contributed by atoms with Crippen LogP contribution in [0.25, 0.3) is 10.8 Å². The molecule has 1 saturated heterocycles. The fourth-order valence-electron chi connectivity index (χ4n) is 4.70. The van der Waals surface area contributed by atoms with Crippen LogP contribution in [0.2, 0.25) is 0 Å². The van der Waals surface area contributed by atoms with Crippen molar-refractivity contribution in [2.24, 2.45) is 0 Å². The smallest absolute Gasteiger partial charge is 0.255 e. The van der Waals surface area contributed by atoms with E-state index in [2.05, 4.69) is 46.3 Å². The zero-order valence-electron chi connectivity index (χ0n) is 19.8. The number of hydrogen-bond donors (Lipinski definition) is 1. The van der Waals surface area contributed by atoms with Crippen LogP contribution in [0.15, 0.2) is 91.0 Å². The molecule has 35 heavy (non-hydrogen) atoms. The van der Waals surface area contributed by atoms with Crippen molar-refractivity contribution >= 4 is 16.7 Å². The van der Waals surface area contributed by atoms with Gasteiger partial charge in [-0.15, -0.1) is 0 Å². The van der Waals surface area contributed by atoms with Gasteiger partial charge in [-0.3, -0.25) is 9.69 Å². The quantitative estimate of drug-likeness (QED) is 0.414. The van der Waals surface area contributed by atoms with E-state index in [9.17, 15) is 4.79 Å². The lowest BCUT2D eigenvalue weighted by Gasteiger charge is -2.18. The first-order valence-corrected chi connectivity index (χ1v) is 11.9. The molecule has 5 rings (SSSR count). The van der Waals surface area contributed by atoms with Gasteiger partial charge in [0.1, 0.15) is 5.75 Å². The van der Waals surface area contributed by atoms with Gasteiger partial charge in [0.15, 0.2) is 0 Å². The van der Waals surface area contributed by atoms with E-state index < -0.39 is 0 Å². The molecule has 0 bridgehead atoms. The van der Waals surface area contributed by atoms with Crippen LogP contribution in [-0.4, -0.2) is 37.0 Å². The minimum absolute atomic E-state index is 0.0984. The molecule has 1 atom stereocenters. The highest BCUT2D eigenvalue weighted by Gasteiger charge is 2.26. The van der Waals surface area contributed by atoms with Crippen molar-refractivity contribution in [3.8, 4) is 17.6 Å². The lowest BCUT2D eigenvalue weighted by atomic mass is 9.98. The maximum absolute atomic E-state index is 13.5. The molecular weight excluding hydrogens is 432 g/mol. The second-order valence-electron chi connectivity index (χ2n) is 8.85. The summed E-state index contributed by atoms with van der Waals surface area (Å²) in [5.74, 6) is 6.98. The van der Waals surface area contributed by atoms with Crippen LogP contribution in [0, 0.1) is 11.8 Å². The summed E-state index contributed by atoms with van der Waals surface area (Å²) >= 11 is 0. The number of nitrogens with one attached hydrogen (secondary N) is 1. The molecule has 1 N–H and O–H groups in total. The first-order valence-electron chi connectivity index (χ1n) is 11.9. The van der Waals surface area contributed by atoms with Crippen LogP contribution in [0.3, 0.4) is 0 Å². The first kappa shape index (κ1) is 22.7. The van der Waals surface area contributed by atoms with Gasteiger partial charge in [0, 0.05) is 47.6 Å². The molecule has 174 valence electrons. The maximum atomic E-state index is 13.5. The molecule has 4 heteroatoms. The molecule has 1 amide bonds. The van der Waals surface area contributed by atoms with Crippen molar-refractivity contribution < 1.29 is 9.53 Å². The Hall–Kier alpha value is -4.07. The van der Waals surface area contributed by atoms with Gasteiger partial charge in [-0.25, -0.2) is 0 Å². The topological polar surface area (TPSA) is 41.6 Å². The van der Waals surface area contributed by atoms with E-state index >= 15 is 0 Å². The third-order valence-electron chi connectivity index (χ3n) is 6.42. The minimum Gasteiger partial charge on any atom is -0.495 e. The number of likely N-dealkylation sites (tertiary alicyclic amines) is 1. The number of fused-ring (bicyclic) bond motifs is 1. The highest BCUT2D eigenvalue weighted by atomic mass is 16.5. The summed E-state index contributed by atoms with van der Waals surface area (Å²) in [5.41, 5.74) is 3.55. The number of rotatable bonds is 5. The monoisotopic (exact) mass is 460 g/mol. The maximum Gasteiger partial charge on any atom is 0.255 e. The van der Waals surface area contributed by atoms with Crippen molar-refractivity contribution in [1.29, 1.82) is 0 Å². The fourth-order valence-corrected chi connectivity index (χ4v) is 4.70. The van der Waals surface area contributed by atoms with Crippen LogP contribution in [0.4, 0.5) is 0 Å². The van der Waals surface area contributed by atoms with Crippen LogP contribution >= 0.6 is 0 Å². The Labute approximate surface area is 206 Å². The van der Waals surface area contributed by atoms with E-state index in [1.807, 2.05) is 66.7 Å². The molecule has 1 aliphatic rings. The molecule has 0 aliphatic carbocycles. The Morgan fingerprint density at radius 2 is 1.63 bits per heavy atom. The summed E-state index contributed by atoms with van der Waals surface area (Å²) in [6, 6.07) is 30.2. The van der Waals surface area contributed by atoms with E-state index in [-0.39, 0.29) is 11.9 Å². The van der Waals surface area contributed by atoms with Crippen molar-refractivity contribution in [1.82, 2.24) is 10.2 Å². The number of carbonyl (C=O) groups excluding carboxylic acids is 1. The number of benzene rings is 4. The Kier molecular flexibility index (Phi) is 6.79. The molecule has 0 radical (unpaired) electrons. The molecule has 4 nitrogen and oxygen atoms in total. The molecule has 1 heterocycles. The summed E-state index contributed by atoms with van der Waals surface area (Å²) in [7, 11) is 1.62. The normalized spacial score (nSPS) is 15.4. The predicted octanol–water partition coefficient (Wildman–Crippen LogP) is 5.25. The average Bonchev–Trinajstić information content (AvgIpc) is 3.34. The van der Waals surface area contributed by atoms with Crippen molar-refractivity contribution in [3.05, 3.63) is 113 Å². The summed E-state index contributed by atoms with van der Waals surface area (Å²) in [6.45, 7) is 2.69. The highest BCUT2D eigenvalue weighted by molar-refractivity contribution is 6.06. The molecule has 0 aromatic heterocycles. The van der Waals surface area contributed by atoms with Crippen molar-refractivity contribution in [3.63, 3.8) is 0 Å². The molecule has 0 spiro atoms. The second-order valence-corrected chi connectivity index (χ2v) is 8.85. The predicted molar refractivity (Wildman–Crippen MR) is 141 cm³/mol. The first-order chi connectivity index (χ1) is 17.2. The van der Waals surface area contributed by atoms with Gasteiger partial charge >= 0.3 is 0 Å². The fraction of sp³-hybridized carbons (Fsp3) is 0.194. The van der Waals surface area contributed by atoms with Gasteiger partial charge < -0.3 is 10.1 Å². The van der Waals surface area contributed by atoms with Crippen molar-refractivity contribution in [2.45, 2.75) is 19.0 Å². The van der Waals surface area contributed by atoms with Crippen LogP contribution in [0.1, 0.15) is 33.5 Å². The van der Waals surface area contributed by atoms with E-state index in [4.69, 9.17) is 4.74 Å². The number of ether oxygens (including phenoxy) is 1. The Morgan fingerprint density at radius 1 is 0.943 bits per heavy atom. The van der Waals surface area contributed by atoms with Gasteiger partial charge in [-0.2, -0.15) is 0 Å². The van der Waals surface area contributed by atoms with Crippen LogP contribution in [0.5, 0.6) is 5.75 Å². The second kappa shape index (κ2) is 10.5. The third kappa shape index (κ3) is 5.21. The van der Waals surface area contributed by atoms with E-state index in [0.717, 1.165) is 48.0 Å². The lowest BCUT2D eigenvalue weighted by Crippen LogP contribution is -2.37. The van der Waals surface area contributed by atoms with Gasteiger partial charge in [-0.1, -0.05) is 84.6 Å². The molecule has 1 aliphatic heterocycles. The summed E-state index contributed by atoms with van der Waals surface area (Å²) in [5, 5.41) is 5.10. The third-order valence-corrected chi connectivity index (χ3v) is 6.42. The molecule has 4 aromatic carbocycles. The summed E-state index contributed by atoms with van der Waals surface area (Å²) in [6.07, 6.45) is 0.926. The van der Waals surface area contributed by atoms with Crippen LogP contribution < -0.4 is 10.1 Å². The Bertz CT molecular complexity index is 1390. The SMILES string of the molecule is COc1c(C(=O)N[C@H]2CCN(Cc3ccccc3)C2)cc(C#Cc2ccccc2)c2ccccc12. The number of amides is 1. The van der Waals surface area contributed by atoms with Gasteiger partial charge in [-0.05, 0) is 30.2 Å². The molecule has 1 fully saturated rings. The zero-order valence-corrected chi connectivity index (χ0v) is 19.8. The van der Waals surface area contributed by atoms with Gasteiger partial charge in [0.05, 0.1) is 12.7 Å². The average molecular weight is 461 g/mol. The number of hydrogen-bond acceptors (Lipinski definition) is 3. The van der Waals surface area contributed by atoms with Gasteiger partial charge in [0.2, 0.25) is 0 Å².